The lowest BCUT2D eigenvalue weighted by Gasteiger charge is -2.09. The van der Waals surface area contributed by atoms with E-state index in [1.54, 1.807) is 12.1 Å². The van der Waals surface area contributed by atoms with Gasteiger partial charge in [-0.05, 0) is 54.4 Å². The summed E-state index contributed by atoms with van der Waals surface area (Å²) in [6.07, 6.45) is -0.361. The van der Waals surface area contributed by atoms with E-state index in [0.717, 1.165) is 0 Å². The quantitative estimate of drug-likeness (QED) is 0.366. The van der Waals surface area contributed by atoms with Crippen LogP contribution in [-0.4, -0.2) is 50.0 Å². The minimum atomic E-state index is -0.709. The van der Waals surface area contributed by atoms with Crippen LogP contribution >= 0.6 is 0 Å². The summed E-state index contributed by atoms with van der Waals surface area (Å²) in [5.74, 6) is -2.42. The molecule has 10 heteroatoms. The predicted octanol–water partition coefficient (Wildman–Crippen LogP) is 3.19. The van der Waals surface area contributed by atoms with Crippen LogP contribution in [0.25, 0.3) is 0 Å². The molecule has 186 valence electrons. The summed E-state index contributed by atoms with van der Waals surface area (Å²) in [7, 11) is 1.27. The topological polar surface area (TPSA) is 137 Å². The smallest absolute Gasteiger partial charge is 0.338 e. The van der Waals surface area contributed by atoms with Gasteiger partial charge < -0.3 is 24.8 Å². The number of rotatable bonds is 11. The predicted molar refractivity (Wildman–Crippen MR) is 127 cm³/mol. The number of esters is 3. The van der Waals surface area contributed by atoms with Crippen LogP contribution in [0.1, 0.15) is 47.4 Å². The summed E-state index contributed by atoms with van der Waals surface area (Å²) in [6.45, 7) is 3.67. The van der Waals surface area contributed by atoms with Gasteiger partial charge in [0.25, 0.3) is 5.91 Å². The monoisotopic (exact) mass is 484 g/mol. The number of benzene rings is 2. The van der Waals surface area contributed by atoms with Crippen LogP contribution in [0.3, 0.4) is 0 Å². The summed E-state index contributed by atoms with van der Waals surface area (Å²) in [4.78, 5) is 59.2. The Labute approximate surface area is 202 Å². The first-order chi connectivity index (χ1) is 16.7. The normalized spacial score (nSPS) is 10.3. The van der Waals surface area contributed by atoms with Gasteiger partial charge in [-0.3, -0.25) is 14.4 Å². The number of carbonyl (C=O) groups is 5. The largest absolute Gasteiger partial charge is 0.465 e. The van der Waals surface area contributed by atoms with Gasteiger partial charge in [0, 0.05) is 17.8 Å². The molecule has 2 aromatic carbocycles. The Hall–Kier alpha value is -4.21. The number of amides is 2. The lowest BCUT2D eigenvalue weighted by molar-refractivity contribution is -0.147. The molecule has 0 aliphatic heterocycles. The van der Waals surface area contributed by atoms with Crippen molar-refractivity contribution in [3.8, 4) is 0 Å². The first-order valence-electron chi connectivity index (χ1n) is 10.9. The highest BCUT2D eigenvalue weighted by Gasteiger charge is 2.13. The summed E-state index contributed by atoms with van der Waals surface area (Å²) in [5, 5.41) is 5.14. The molecule has 0 aliphatic carbocycles. The summed E-state index contributed by atoms with van der Waals surface area (Å²) < 4.78 is 14.6. The third kappa shape index (κ3) is 9.66. The van der Waals surface area contributed by atoms with Crippen molar-refractivity contribution in [3.05, 3.63) is 59.7 Å². The lowest BCUT2D eigenvalue weighted by atomic mass is 10.2. The molecule has 2 rings (SSSR count). The SMILES string of the molecule is COC(=O)c1ccc(NC(=O)COC(=O)CCC(=O)Nc2ccc(C(=O)OCC(C)C)cc2)cc1. The highest BCUT2D eigenvalue weighted by atomic mass is 16.5. The van der Waals surface area contributed by atoms with Crippen LogP contribution in [0, 0.1) is 5.92 Å². The zero-order valence-corrected chi connectivity index (χ0v) is 19.8. The van der Waals surface area contributed by atoms with E-state index in [9.17, 15) is 24.0 Å². The highest BCUT2D eigenvalue weighted by molar-refractivity contribution is 5.96. The molecule has 2 amide bonds. The molecule has 0 atom stereocenters. The fourth-order valence-electron chi connectivity index (χ4n) is 2.68. The molecular weight excluding hydrogens is 456 g/mol. The van der Waals surface area contributed by atoms with Gasteiger partial charge in [0.1, 0.15) is 0 Å². The number of carbonyl (C=O) groups excluding carboxylic acids is 5. The molecule has 0 saturated heterocycles. The lowest BCUT2D eigenvalue weighted by Crippen LogP contribution is -2.21. The van der Waals surface area contributed by atoms with E-state index in [1.165, 1.54) is 43.5 Å². The van der Waals surface area contributed by atoms with E-state index >= 15 is 0 Å². The van der Waals surface area contributed by atoms with E-state index in [2.05, 4.69) is 15.4 Å². The molecule has 0 heterocycles. The number of hydrogen-bond acceptors (Lipinski definition) is 8. The van der Waals surface area contributed by atoms with Gasteiger partial charge in [0.2, 0.25) is 5.91 Å². The Morgan fingerprint density at radius 2 is 1.23 bits per heavy atom. The van der Waals surface area contributed by atoms with Gasteiger partial charge in [-0.2, -0.15) is 0 Å². The maximum Gasteiger partial charge on any atom is 0.338 e. The Morgan fingerprint density at radius 1 is 0.714 bits per heavy atom. The number of ether oxygens (including phenoxy) is 3. The van der Waals surface area contributed by atoms with Gasteiger partial charge in [-0.15, -0.1) is 0 Å². The second kappa shape index (κ2) is 13.5. The zero-order valence-electron chi connectivity index (χ0n) is 19.8. The second-order valence-electron chi connectivity index (χ2n) is 7.90. The van der Waals surface area contributed by atoms with Crippen molar-refractivity contribution in [2.75, 3.05) is 31.0 Å². The molecule has 2 N–H and O–H groups in total. The molecule has 0 fully saturated rings. The first-order valence-corrected chi connectivity index (χ1v) is 10.9. The molecule has 0 unspecified atom stereocenters. The fourth-order valence-corrected chi connectivity index (χ4v) is 2.68. The van der Waals surface area contributed by atoms with Gasteiger partial charge >= 0.3 is 17.9 Å². The van der Waals surface area contributed by atoms with Crippen LogP contribution in [0.2, 0.25) is 0 Å². The van der Waals surface area contributed by atoms with E-state index in [4.69, 9.17) is 9.47 Å². The van der Waals surface area contributed by atoms with Gasteiger partial charge in [0.05, 0.1) is 31.3 Å². The van der Waals surface area contributed by atoms with Crippen LogP contribution in [0.5, 0.6) is 0 Å². The maximum atomic E-state index is 12.1. The van der Waals surface area contributed by atoms with Crippen LogP contribution in [-0.2, 0) is 28.6 Å². The number of anilines is 2. The van der Waals surface area contributed by atoms with Crippen LogP contribution in [0.15, 0.2) is 48.5 Å². The highest BCUT2D eigenvalue weighted by Crippen LogP contribution is 2.13. The first kappa shape index (κ1) is 27.0. The molecule has 0 radical (unpaired) electrons. The average molecular weight is 485 g/mol. The molecule has 10 nitrogen and oxygen atoms in total. The zero-order chi connectivity index (χ0) is 25.8. The Bertz CT molecular complexity index is 1050. The van der Waals surface area contributed by atoms with E-state index in [0.29, 0.717) is 29.1 Å². The minimum Gasteiger partial charge on any atom is -0.465 e. The van der Waals surface area contributed by atoms with Crippen molar-refractivity contribution in [2.45, 2.75) is 26.7 Å². The molecular formula is C25H28N2O8. The number of nitrogens with one attached hydrogen (secondary N) is 2. The van der Waals surface area contributed by atoms with Gasteiger partial charge in [-0.25, -0.2) is 9.59 Å². The second-order valence-corrected chi connectivity index (χ2v) is 7.90. The van der Waals surface area contributed by atoms with Crippen molar-refractivity contribution >= 4 is 41.1 Å². The standard InChI is InChI=1S/C25H28N2O8/c1-16(2)14-35-25(32)18-6-10-19(11-7-18)26-21(28)12-13-23(30)34-15-22(29)27-20-8-4-17(5-9-20)24(31)33-3/h4-11,16H,12-15H2,1-3H3,(H,26,28)(H,27,29). The molecule has 0 bridgehead atoms. The maximum absolute atomic E-state index is 12.1. The van der Waals surface area contributed by atoms with Crippen molar-refractivity contribution in [1.29, 1.82) is 0 Å². The van der Waals surface area contributed by atoms with Crippen molar-refractivity contribution in [1.82, 2.24) is 0 Å². The molecule has 2 aromatic rings. The summed E-state index contributed by atoms with van der Waals surface area (Å²) in [5.41, 5.74) is 1.57. The molecule has 0 spiro atoms. The fraction of sp³-hybridized carbons (Fsp3) is 0.320. The van der Waals surface area contributed by atoms with Crippen molar-refractivity contribution < 1.29 is 38.2 Å². The van der Waals surface area contributed by atoms with E-state index in [1.807, 2.05) is 13.8 Å². The third-order valence-corrected chi connectivity index (χ3v) is 4.46. The van der Waals surface area contributed by atoms with Crippen LogP contribution in [0.4, 0.5) is 11.4 Å². The molecule has 0 aromatic heterocycles. The number of hydrogen-bond donors (Lipinski definition) is 2. The average Bonchev–Trinajstić information content (AvgIpc) is 2.85. The van der Waals surface area contributed by atoms with Gasteiger partial charge in [-0.1, -0.05) is 13.8 Å². The number of methoxy groups -OCH3 is 1. The third-order valence-electron chi connectivity index (χ3n) is 4.46. The minimum absolute atomic E-state index is 0.145. The van der Waals surface area contributed by atoms with E-state index in [-0.39, 0.29) is 18.8 Å². The Morgan fingerprint density at radius 3 is 1.74 bits per heavy atom. The van der Waals surface area contributed by atoms with E-state index < -0.39 is 36.3 Å². The van der Waals surface area contributed by atoms with Crippen LogP contribution < -0.4 is 10.6 Å². The van der Waals surface area contributed by atoms with Crippen molar-refractivity contribution in [3.63, 3.8) is 0 Å². The summed E-state index contributed by atoms with van der Waals surface area (Å²) >= 11 is 0. The van der Waals surface area contributed by atoms with Crippen molar-refractivity contribution in [2.24, 2.45) is 5.92 Å². The molecule has 35 heavy (non-hydrogen) atoms. The Balaban J connectivity index is 1.69. The summed E-state index contributed by atoms with van der Waals surface area (Å²) in [6, 6.07) is 12.2. The van der Waals surface area contributed by atoms with Gasteiger partial charge in [0.15, 0.2) is 6.61 Å². The molecule has 0 aliphatic rings. The molecule has 0 saturated carbocycles. The Kier molecular flexibility index (Phi) is 10.4.